The predicted molar refractivity (Wildman–Crippen MR) is 159 cm³/mol. The Morgan fingerprint density at radius 2 is 1.39 bits per heavy atom. The number of fused-ring (bicyclic) bond motifs is 1. The topological polar surface area (TPSA) is 98.7 Å². The van der Waals surface area contributed by atoms with E-state index in [9.17, 15) is 19.5 Å². The number of aliphatic hydroxyl groups excluding tert-OH is 1. The molecule has 0 radical (unpaired) electrons. The van der Waals surface area contributed by atoms with Gasteiger partial charge in [-0.05, 0) is 36.0 Å². The van der Waals surface area contributed by atoms with Crippen molar-refractivity contribution in [3.8, 4) is 0 Å². The highest BCUT2D eigenvalue weighted by atomic mass is 32.2. The zero-order valence-corrected chi connectivity index (χ0v) is 23.6. The second kappa shape index (κ2) is 11.7. The average molecular weight is 570 g/mol. The monoisotopic (exact) mass is 569 g/mol. The quantitative estimate of drug-likeness (QED) is 0.348. The summed E-state index contributed by atoms with van der Waals surface area (Å²) in [6.45, 7) is 0.459. The molecule has 0 aromatic heterocycles. The van der Waals surface area contributed by atoms with Crippen molar-refractivity contribution in [1.82, 2.24) is 15.5 Å². The number of hydrogen-bond donors (Lipinski definition) is 3. The molecule has 8 heteroatoms. The van der Waals surface area contributed by atoms with Gasteiger partial charge in [-0.3, -0.25) is 14.4 Å². The van der Waals surface area contributed by atoms with E-state index in [1.807, 2.05) is 91.0 Å². The minimum Gasteiger partial charge on any atom is -0.394 e. The molecule has 3 amide bonds. The molecule has 1 spiro atoms. The van der Waals surface area contributed by atoms with Gasteiger partial charge in [-0.25, -0.2) is 0 Å². The van der Waals surface area contributed by atoms with E-state index in [0.29, 0.717) is 25.9 Å². The lowest BCUT2D eigenvalue weighted by atomic mass is 9.70. The summed E-state index contributed by atoms with van der Waals surface area (Å²) in [6, 6.07) is 27.8. The largest absolute Gasteiger partial charge is 0.394 e. The molecule has 3 fully saturated rings. The number of thioether (sulfide) groups is 1. The molecule has 3 aliphatic heterocycles. The van der Waals surface area contributed by atoms with Crippen LogP contribution in [0.25, 0.3) is 0 Å². The van der Waals surface area contributed by atoms with Gasteiger partial charge in [-0.15, -0.1) is 11.8 Å². The molecule has 7 nitrogen and oxygen atoms in total. The Bertz CT molecular complexity index is 1390. The number of carbonyl (C=O) groups excluding carboxylic acids is 3. The number of amides is 3. The number of nitrogens with one attached hydrogen (secondary N) is 2. The van der Waals surface area contributed by atoms with Crippen molar-refractivity contribution in [3.05, 3.63) is 108 Å². The standard InChI is InChI=1S/C33H35N3O4S/c37-21-25(18-22-10-4-1-5-11-22)36-29(31(39)35-20-24-14-8-3-9-15-24)33-17-16-26(41-33)27(28(33)32(36)40)30(38)34-19-23-12-6-2-7-13-23/h1-15,25-29,37H,16-21H2,(H,34,38)(H,35,39)/t25-,26+,27-,28+,29?,33?/m1/s1. The van der Waals surface area contributed by atoms with E-state index in [1.165, 1.54) is 0 Å². The normalized spacial score (nSPS) is 27.0. The molecule has 41 heavy (non-hydrogen) atoms. The number of nitrogens with zero attached hydrogens (tertiary/aromatic N) is 1. The van der Waals surface area contributed by atoms with Crippen LogP contribution in [0.15, 0.2) is 91.0 Å². The van der Waals surface area contributed by atoms with Crippen LogP contribution in [-0.2, 0) is 33.9 Å². The summed E-state index contributed by atoms with van der Waals surface area (Å²) < 4.78 is -0.707. The fourth-order valence-corrected chi connectivity index (χ4v) is 9.21. The first-order valence-corrected chi connectivity index (χ1v) is 15.2. The van der Waals surface area contributed by atoms with Gasteiger partial charge in [0.25, 0.3) is 0 Å². The number of aliphatic hydroxyl groups is 1. The molecule has 2 bridgehead atoms. The summed E-state index contributed by atoms with van der Waals surface area (Å²) in [5.74, 6) is -1.70. The highest BCUT2D eigenvalue weighted by Crippen LogP contribution is 2.66. The number of likely N-dealkylation sites (tertiary alicyclic amines) is 1. The van der Waals surface area contributed by atoms with Crippen LogP contribution in [0.1, 0.15) is 29.5 Å². The average Bonchev–Trinajstić information content (AvgIpc) is 3.66. The first-order valence-electron chi connectivity index (χ1n) is 14.3. The summed E-state index contributed by atoms with van der Waals surface area (Å²) in [4.78, 5) is 43.7. The van der Waals surface area contributed by atoms with Crippen LogP contribution in [0.4, 0.5) is 0 Å². The Labute approximate surface area is 244 Å². The second-order valence-corrected chi connectivity index (χ2v) is 12.8. The third-order valence-corrected chi connectivity index (χ3v) is 10.8. The third kappa shape index (κ3) is 5.15. The van der Waals surface area contributed by atoms with E-state index < -0.39 is 28.7 Å². The van der Waals surface area contributed by atoms with Gasteiger partial charge in [0.05, 0.1) is 29.2 Å². The van der Waals surface area contributed by atoms with E-state index >= 15 is 0 Å². The Balaban J connectivity index is 1.30. The van der Waals surface area contributed by atoms with Crippen molar-refractivity contribution in [3.63, 3.8) is 0 Å². The van der Waals surface area contributed by atoms with Gasteiger partial charge in [0.1, 0.15) is 6.04 Å². The summed E-state index contributed by atoms with van der Waals surface area (Å²) >= 11 is 1.64. The van der Waals surface area contributed by atoms with Gasteiger partial charge in [-0.1, -0.05) is 91.0 Å². The zero-order valence-electron chi connectivity index (χ0n) is 22.8. The molecule has 0 aliphatic carbocycles. The van der Waals surface area contributed by atoms with Crippen molar-refractivity contribution < 1.29 is 19.5 Å². The smallest absolute Gasteiger partial charge is 0.244 e. The lowest BCUT2D eigenvalue weighted by Gasteiger charge is -2.37. The summed E-state index contributed by atoms with van der Waals surface area (Å²) in [6.07, 6.45) is 1.88. The van der Waals surface area contributed by atoms with Gasteiger partial charge >= 0.3 is 0 Å². The minimum atomic E-state index is -0.772. The fourth-order valence-electron chi connectivity index (χ4n) is 7.01. The Morgan fingerprint density at radius 1 is 0.854 bits per heavy atom. The molecular formula is C33H35N3O4S. The molecule has 2 unspecified atom stereocenters. The third-order valence-electron chi connectivity index (χ3n) is 8.83. The molecule has 3 aromatic rings. The van der Waals surface area contributed by atoms with Crippen LogP contribution in [0.2, 0.25) is 0 Å². The first kappa shape index (κ1) is 27.5. The molecule has 3 N–H and O–H groups in total. The van der Waals surface area contributed by atoms with Crippen LogP contribution in [0.5, 0.6) is 0 Å². The summed E-state index contributed by atoms with van der Waals surface area (Å²) in [5.41, 5.74) is 2.94. The van der Waals surface area contributed by atoms with Crippen LogP contribution in [-0.4, -0.2) is 56.4 Å². The lowest BCUT2D eigenvalue weighted by Crippen LogP contribution is -2.56. The number of carbonyl (C=O) groups is 3. The maximum Gasteiger partial charge on any atom is 0.244 e. The van der Waals surface area contributed by atoms with E-state index in [4.69, 9.17) is 0 Å². The van der Waals surface area contributed by atoms with Crippen molar-refractivity contribution in [1.29, 1.82) is 0 Å². The maximum absolute atomic E-state index is 14.4. The zero-order chi connectivity index (χ0) is 28.4. The molecule has 3 aliphatic rings. The van der Waals surface area contributed by atoms with Crippen molar-refractivity contribution >= 4 is 29.5 Å². The summed E-state index contributed by atoms with van der Waals surface area (Å²) in [5, 5.41) is 16.7. The molecule has 212 valence electrons. The van der Waals surface area contributed by atoms with Crippen LogP contribution in [0, 0.1) is 11.8 Å². The van der Waals surface area contributed by atoms with Gasteiger partial charge < -0.3 is 20.6 Å². The SMILES string of the molecule is O=C(NCc1ccccc1)C1N([C@@H](CO)Cc2ccccc2)C(=O)[C@@H]2[C@H](C(=O)NCc3ccccc3)[C@@H]3CCC12S3. The molecule has 3 heterocycles. The second-order valence-electron chi connectivity index (χ2n) is 11.2. The van der Waals surface area contributed by atoms with Gasteiger partial charge in [0.2, 0.25) is 17.7 Å². The lowest BCUT2D eigenvalue weighted by molar-refractivity contribution is -0.142. The van der Waals surface area contributed by atoms with Gasteiger partial charge in [-0.2, -0.15) is 0 Å². The van der Waals surface area contributed by atoms with E-state index in [-0.39, 0.29) is 29.6 Å². The van der Waals surface area contributed by atoms with Crippen LogP contribution < -0.4 is 10.6 Å². The van der Waals surface area contributed by atoms with Crippen molar-refractivity contribution in [2.45, 2.75) is 54.4 Å². The maximum atomic E-state index is 14.4. The van der Waals surface area contributed by atoms with Crippen LogP contribution >= 0.6 is 11.8 Å². The molecular weight excluding hydrogens is 534 g/mol. The molecule has 6 atom stereocenters. The van der Waals surface area contributed by atoms with Gasteiger partial charge in [0.15, 0.2) is 0 Å². The fraction of sp³-hybridized carbons (Fsp3) is 0.364. The number of benzene rings is 3. The summed E-state index contributed by atoms with van der Waals surface area (Å²) in [7, 11) is 0. The Morgan fingerprint density at radius 3 is 1.95 bits per heavy atom. The van der Waals surface area contributed by atoms with Crippen molar-refractivity contribution in [2.75, 3.05) is 6.61 Å². The first-order chi connectivity index (χ1) is 20.0. The molecule has 3 saturated heterocycles. The molecule has 3 aromatic carbocycles. The number of hydrogen-bond acceptors (Lipinski definition) is 5. The van der Waals surface area contributed by atoms with E-state index in [1.54, 1.807) is 16.7 Å². The predicted octanol–water partition coefficient (Wildman–Crippen LogP) is 3.31. The Hall–Kier alpha value is -3.62. The minimum absolute atomic E-state index is 0.0204. The van der Waals surface area contributed by atoms with Gasteiger partial charge in [0, 0.05) is 18.3 Å². The highest BCUT2D eigenvalue weighted by Gasteiger charge is 2.74. The van der Waals surface area contributed by atoms with Crippen LogP contribution in [0.3, 0.4) is 0 Å². The molecule has 6 rings (SSSR count). The Kier molecular flexibility index (Phi) is 7.86. The molecule has 0 saturated carbocycles. The highest BCUT2D eigenvalue weighted by molar-refractivity contribution is 8.02. The van der Waals surface area contributed by atoms with Crippen molar-refractivity contribution in [2.24, 2.45) is 11.8 Å². The number of rotatable bonds is 10. The van der Waals surface area contributed by atoms with E-state index in [2.05, 4.69) is 10.6 Å². The van der Waals surface area contributed by atoms with E-state index in [0.717, 1.165) is 23.1 Å².